The second kappa shape index (κ2) is 4.13. The third kappa shape index (κ3) is 1.86. The van der Waals surface area contributed by atoms with Gasteiger partial charge in [-0.15, -0.1) is 0 Å². The number of nitrogens with zero attached hydrogens (tertiary/aromatic N) is 2. The van der Waals surface area contributed by atoms with Crippen LogP contribution in [-0.4, -0.2) is 16.1 Å². The van der Waals surface area contributed by atoms with E-state index in [1.807, 2.05) is 20.9 Å². The van der Waals surface area contributed by atoms with E-state index in [0.717, 1.165) is 22.5 Å². The first-order valence-electron chi connectivity index (χ1n) is 5.30. The van der Waals surface area contributed by atoms with E-state index in [0.29, 0.717) is 6.29 Å². The molecule has 0 amide bonds. The fourth-order valence-electron chi connectivity index (χ4n) is 1.98. The monoisotopic (exact) mass is 232 g/mol. The van der Waals surface area contributed by atoms with Crippen LogP contribution in [0, 0.1) is 19.7 Å². The molecule has 0 saturated carbocycles. The second-order valence-electron chi connectivity index (χ2n) is 4.02. The maximum absolute atomic E-state index is 13.2. The quantitative estimate of drug-likeness (QED) is 0.746. The molecule has 0 atom stereocenters. The molecule has 4 heteroatoms. The second-order valence-corrected chi connectivity index (χ2v) is 4.02. The predicted octanol–water partition coefficient (Wildman–Crippen LogP) is 2.66. The van der Waals surface area contributed by atoms with Gasteiger partial charge < -0.3 is 0 Å². The van der Waals surface area contributed by atoms with Gasteiger partial charge in [0, 0.05) is 18.3 Å². The molecule has 88 valence electrons. The van der Waals surface area contributed by atoms with Crippen molar-refractivity contribution in [3.05, 3.63) is 41.0 Å². The fraction of sp³-hybridized carbons (Fsp3) is 0.231. The zero-order chi connectivity index (χ0) is 12.6. The molecule has 0 aliphatic carbocycles. The largest absolute Gasteiger partial charge is 0.298 e. The summed E-state index contributed by atoms with van der Waals surface area (Å²) in [5.74, 6) is -0.497. The van der Waals surface area contributed by atoms with Gasteiger partial charge in [0.15, 0.2) is 6.29 Å². The van der Waals surface area contributed by atoms with Crippen molar-refractivity contribution in [2.24, 2.45) is 7.05 Å². The lowest BCUT2D eigenvalue weighted by molar-refractivity contribution is 0.112. The van der Waals surface area contributed by atoms with Crippen LogP contribution < -0.4 is 0 Å². The minimum absolute atomic E-state index is 0.0742. The number of halogens is 1. The normalized spacial score (nSPS) is 10.6. The molecule has 0 fully saturated rings. The molecule has 0 spiro atoms. The zero-order valence-electron chi connectivity index (χ0n) is 9.99. The van der Waals surface area contributed by atoms with E-state index in [4.69, 9.17) is 0 Å². The molecule has 2 rings (SSSR count). The Balaban J connectivity index is 2.64. The van der Waals surface area contributed by atoms with E-state index >= 15 is 0 Å². The first-order valence-corrected chi connectivity index (χ1v) is 5.30. The van der Waals surface area contributed by atoms with Crippen LogP contribution in [0.4, 0.5) is 4.39 Å². The lowest BCUT2D eigenvalue weighted by Crippen LogP contribution is -1.93. The van der Waals surface area contributed by atoms with Crippen LogP contribution in [0.25, 0.3) is 11.1 Å². The lowest BCUT2D eigenvalue weighted by atomic mass is 10.0. The minimum atomic E-state index is -0.497. The fourth-order valence-corrected chi connectivity index (χ4v) is 1.98. The summed E-state index contributed by atoms with van der Waals surface area (Å²) in [5.41, 5.74) is 3.71. The SMILES string of the molecule is Cc1nn(C)c(C)c1-c1ccc(F)c(C=O)c1. The molecule has 1 heterocycles. The molecule has 0 N–H and O–H groups in total. The highest BCUT2D eigenvalue weighted by molar-refractivity contribution is 5.80. The van der Waals surface area contributed by atoms with Crippen molar-refractivity contribution in [1.29, 1.82) is 0 Å². The highest BCUT2D eigenvalue weighted by atomic mass is 19.1. The zero-order valence-corrected chi connectivity index (χ0v) is 9.99. The van der Waals surface area contributed by atoms with Crippen LogP contribution in [0.3, 0.4) is 0 Å². The van der Waals surface area contributed by atoms with Crippen molar-refractivity contribution in [3.63, 3.8) is 0 Å². The molecular weight excluding hydrogens is 219 g/mol. The summed E-state index contributed by atoms with van der Waals surface area (Å²) in [6, 6.07) is 4.53. The van der Waals surface area contributed by atoms with Crippen LogP contribution in [0.15, 0.2) is 18.2 Å². The molecule has 17 heavy (non-hydrogen) atoms. The Bertz CT molecular complexity index is 587. The van der Waals surface area contributed by atoms with Crippen molar-refractivity contribution in [3.8, 4) is 11.1 Å². The number of hydrogen-bond donors (Lipinski definition) is 0. The molecule has 2 aromatic rings. The predicted molar refractivity (Wildman–Crippen MR) is 63.5 cm³/mol. The van der Waals surface area contributed by atoms with Crippen LogP contribution in [-0.2, 0) is 7.05 Å². The molecular formula is C13H13FN2O. The Labute approximate surface area is 98.9 Å². The molecule has 0 unspecified atom stereocenters. The number of carbonyl (C=O) groups excluding carboxylic acids is 1. The van der Waals surface area contributed by atoms with Crippen molar-refractivity contribution in [1.82, 2.24) is 9.78 Å². The summed E-state index contributed by atoms with van der Waals surface area (Å²) >= 11 is 0. The molecule has 1 aromatic heterocycles. The smallest absolute Gasteiger partial charge is 0.153 e. The summed E-state index contributed by atoms with van der Waals surface area (Å²) < 4.78 is 15.0. The molecule has 0 aliphatic rings. The van der Waals surface area contributed by atoms with Gasteiger partial charge in [-0.25, -0.2) is 4.39 Å². The maximum Gasteiger partial charge on any atom is 0.153 e. The molecule has 0 radical (unpaired) electrons. The van der Waals surface area contributed by atoms with Crippen molar-refractivity contribution in [2.75, 3.05) is 0 Å². The van der Waals surface area contributed by atoms with Crippen LogP contribution >= 0.6 is 0 Å². The van der Waals surface area contributed by atoms with E-state index < -0.39 is 5.82 Å². The summed E-state index contributed by atoms with van der Waals surface area (Å²) in [7, 11) is 1.86. The summed E-state index contributed by atoms with van der Waals surface area (Å²) in [4.78, 5) is 10.7. The Kier molecular flexibility index (Phi) is 2.79. The first kappa shape index (κ1) is 11.5. The number of hydrogen-bond acceptors (Lipinski definition) is 2. The molecule has 0 aliphatic heterocycles. The minimum Gasteiger partial charge on any atom is -0.298 e. The van der Waals surface area contributed by atoms with Gasteiger partial charge in [0.1, 0.15) is 5.82 Å². The van der Waals surface area contributed by atoms with Crippen molar-refractivity contribution >= 4 is 6.29 Å². The summed E-state index contributed by atoms with van der Waals surface area (Å²) in [5, 5.41) is 4.30. The summed E-state index contributed by atoms with van der Waals surface area (Å²) in [6.45, 7) is 3.84. The number of rotatable bonds is 2. The van der Waals surface area contributed by atoms with Gasteiger partial charge in [-0.1, -0.05) is 6.07 Å². The van der Waals surface area contributed by atoms with Gasteiger partial charge in [-0.3, -0.25) is 9.48 Å². The van der Waals surface area contributed by atoms with E-state index in [-0.39, 0.29) is 5.56 Å². The van der Waals surface area contributed by atoms with E-state index in [1.54, 1.807) is 16.8 Å². The van der Waals surface area contributed by atoms with Crippen molar-refractivity contribution < 1.29 is 9.18 Å². The Morgan fingerprint density at radius 2 is 2.06 bits per heavy atom. The van der Waals surface area contributed by atoms with Crippen LogP contribution in [0.2, 0.25) is 0 Å². The topological polar surface area (TPSA) is 34.9 Å². The van der Waals surface area contributed by atoms with Crippen molar-refractivity contribution in [2.45, 2.75) is 13.8 Å². The molecule has 3 nitrogen and oxygen atoms in total. The Hall–Kier alpha value is -1.97. The molecule has 1 aromatic carbocycles. The number of aryl methyl sites for hydroxylation is 2. The van der Waals surface area contributed by atoms with Gasteiger partial charge in [0.2, 0.25) is 0 Å². The highest BCUT2D eigenvalue weighted by Crippen LogP contribution is 2.27. The number of aromatic nitrogens is 2. The molecule has 0 bridgehead atoms. The van der Waals surface area contributed by atoms with Gasteiger partial charge >= 0.3 is 0 Å². The Morgan fingerprint density at radius 3 is 2.59 bits per heavy atom. The van der Waals surface area contributed by atoms with Gasteiger partial charge in [-0.05, 0) is 31.5 Å². The first-order chi connectivity index (χ1) is 8.04. The van der Waals surface area contributed by atoms with Crippen LogP contribution in [0.5, 0.6) is 0 Å². The number of carbonyl (C=O) groups is 1. The average Bonchev–Trinajstić information content (AvgIpc) is 2.55. The van der Waals surface area contributed by atoms with Gasteiger partial charge in [-0.2, -0.15) is 5.10 Å². The standard InChI is InChI=1S/C13H13FN2O/c1-8-13(9(2)16(3)15-8)10-4-5-12(14)11(6-10)7-17/h4-7H,1-3H3. The highest BCUT2D eigenvalue weighted by Gasteiger charge is 2.13. The van der Waals surface area contributed by atoms with Gasteiger partial charge in [0.25, 0.3) is 0 Å². The molecule has 0 saturated heterocycles. The van der Waals surface area contributed by atoms with Gasteiger partial charge in [0.05, 0.1) is 11.3 Å². The summed E-state index contributed by atoms with van der Waals surface area (Å²) in [6.07, 6.45) is 0.528. The third-order valence-corrected chi connectivity index (χ3v) is 2.92. The van der Waals surface area contributed by atoms with E-state index in [1.165, 1.54) is 6.07 Å². The van der Waals surface area contributed by atoms with E-state index in [9.17, 15) is 9.18 Å². The average molecular weight is 232 g/mol. The number of benzene rings is 1. The van der Waals surface area contributed by atoms with Crippen LogP contribution in [0.1, 0.15) is 21.7 Å². The lowest BCUT2D eigenvalue weighted by Gasteiger charge is -2.04. The maximum atomic E-state index is 13.2. The van der Waals surface area contributed by atoms with E-state index in [2.05, 4.69) is 5.10 Å². The number of aldehydes is 1. The third-order valence-electron chi connectivity index (χ3n) is 2.92. The Morgan fingerprint density at radius 1 is 1.35 bits per heavy atom.